The molecule has 0 saturated carbocycles. The van der Waals surface area contributed by atoms with Crippen molar-refractivity contribution in [2.24, 2.45) is 0 Å². The van der Waals surface area contributed by atoms with Gasteiger partial charge in [0.15, 0.2) is 0 Å². The van der Waals surface area contributed by atoms with Gasteiger partial charge in [0.25, 0.3) is 0 Å². The Bertz CT molecular complexity index is 647. The normalized spacial score (nSPS) is 9.90. The van der Waals surface area contributed by atoms with Crippen LogP contribution in [0.5, 0.6) is 11.5 Å². The van der Waals surface area contributed by atoms with Crippen LogP contribution in [0.25, 0.3) is 0 Å². The number of hydrogen-bond acceptors (Lipinski definition) is 3. The van der Waals surface area contributed by atoms with Crippen LogP contribution in [-0.2, 0) is 6.61 Å². The minimum absolute atomic E-state index is 0.203. The highest BCUT2D eigenvalue weighted by Gasteiger charge is 2.04. The highest BCUT2D eigenvalue weighted by atomic mass is 79.9. The van der Waals surface area contributed by atoms with Crippen LogP contribution in [0.3, 0.4) is 0 Å². The average molecular weight is 336 g/mol. The van der Waals surface area contributed by atoms with Gasteiger partial charge < -0.3 is 9.47 Å². The van der Waals surface area contributed by atoms with Crippen LogP contribution in [0, 0.1) is 17.1 Å². The molecule has 2 aromatic rings. The minimum Gasteiger partial charge on any atom is -0.497 e. The summed E-state index contributed by atoms with van der Waals surface area (Å²) < 4.78 is 24.6. The first kappa shape index (κ1) is 14.4. The van der Waals surface area contributed by atoms with E-state index in [9.17, 15) is 4.39 Å². The Morgan fingerprint density at radius 1 is 1.15 bits per heavy atom. The average Bonchev–Trinajstić information content (AvgIpc) is 2.43. The third-order valence-electron chi connectivity index (χ3n) is 2.57. The maximum atomic E-state index is 13.2. The number of methoxy groups -OCH3 is 1. The van der Waals surface area contributed by atoms with Gasteiger partial charge in [-0.3, -0.25) is 0 Å². The molecular formula is C15H11BrFNO2. The summed E-state index contributed by atoms with van der Waals surface area (Å²) >= 11 is 3.23. The van der Waals surface area contributed by atoms with Gasteiger partial charge in [-0.25, -0.2) is 4.39 Å². The van der Waals surface area contributed by atoms with Crippen molar-refractivity contribution in [3.63, 3.8) is 0 Å². The molecule has 0 fully saturated rings. The topological polar surface area (TPSA) is 42.2 Å². The van der Waals surface area contributed by atoms with Crippen molar-refractivity contribution in [2.75, 3.05) is 7.11 Å². The van der Waals surface area contributed by atoms with Crippen molar-refractivity contribution >= 4 is 15.9 Å². The molecule has 2 rings (SSSR count). The number of ether oxygens (including phenoxy) is 2. The summed E-state index contributed by atoms with van der Waals surface area (Å²) in [6, 6.07) is 11.5. The third kappa shape index (κ3) is 3.72. The molecule has 0 aromatic heterocycles. The number of hydrogen-bond donors (Lipinski definition) is 0. The second-order valence-electron chi connectivity index (χ2n) is 4.08. The molecule has 0 aliphatic heterocycles. The second kappa shape index (κ2) is 6.40. The lowest BCUT2D eigenvalue weighted by Crippen LogP contribution is -1.97. The van der Waals surface area contributed by atoms with E-state index in [-0.39, 0.29) is 12.4 Å². The lowest BCUT2D eigenvalue weighted by atomic mass is 10.2. The monoisotopic (exact) mass is 335 g/mol. The zero-order valence-electron chi connectivity index (χ0n) is 10.7. The highest BCUT2D eigenvalue weighted by Crippen LogP contribution is 2.24. The summed E-state index contributed by atoms with van der Waals surface area (Å²) in [5, 5.41) is 8.92. The molecule has 0 N–H and O–H groups in total. The van der Waals surface area contributed by atoms with E-state index in [1.54, 1.807) is 24.3 Å². The van der Waals surface area contributed by atoms with E-state index in [1.807, 2.05) is 6.07 Å². The molecule has 3 nitrogen and oxygen atoms in total. The summed E-state index contributed by atoms with van der Waals surface area (Å²) in [5.41, 5.74) is 1.14. The zero-order chi connectivity index (χ0) is 14.5. The first-order valence-electron chi connectivity index (χ1n) is 5.77. The number of halogens is 2. The van der Waals surface area contributed by atoms with Crippen molar-refractivity contribution in [3.05, 3.63) is 57.8 Å². The summed E-state index contributed by atoms with van der Waals surface area (Å²) in [6.45, 7) is 0.203. The van der Waals surface area contributed by atoms with Gasteiger partial charge in [-0.15, -0.1) is 0 Å². The van der Waals surface area contributed by atoms with Gasteiger partial charge in [0.1, 0.15) is 23.9 Å². The van der Waals surface area contributed by atoms with E-state index in [0.29, 0.717) is 27.1 Å². The zero-order valence-corrected chi connectivity index (χ0v) is 12.3. The van der Waals surface area contributed by atoms with Crippen LogP contribution in [0.1, 0.15) is 11.1 Å². The Hall–Kier alpha value is -2.06. The van der Waals surface area contributed by atoms with Crippen LogP contribution >= 0.6 is 15.9 Å². The lowest BCUT2D eigenvalue weighted by molar-refractivity contribution is 0.303. The first-order chi connectivity index (χ1) is 9.60. The maximum Gasteiger partial charge on any atom is 0.124 e. The fourth-order valence-corrected chi connectivity index (χ4v) is 2.21. The molecule has 0 spiro atoms. The van der Waals surface area contributed by atoms with E-state index in [0.717, 1.165) is 0 Å². The van der Waals surface area contributed by atoms with E-state index < -0.39 is 0 Å². The Kier molecular flexibility index (Phi) is 4.59. The Balaban J connectivity index is 2.16. The Morgan fingerprint density at radius 2 is 1.90 bits per heavy atom. The van der Waals surface area contributed by atoms with Crippen LogP contribution in [0.2, 0.25) is 0 Å². The molecule has 0 amide bonds. The van der Waals surface area contributed by atoms with Crippen LogP contribution in [-0.4, -0.2) is 7.11 Å². The van der Waals surface area contributed by atoms with Crippen molar-refractivity contribution in [1.29, 1.82) is 5.26 Å². The van der Waals surface area contributed by atoms with Gasteiger partial charge in [0.2, 0.25) is 0 Å². The van der Waals surface area contributed by atoms with Gasteiger partial charge >= 0.3 is 0 Å². The van der Waals surface area contributed by atoms with Crippen molar-refractivity contribution in [3.8, 4) is 17.6 Å². The highest BCUT2D eigenvalue weighted by molar-refractivity contribution is 9.10. The van der Waals surface area contributed by atoms with Crippen LogP contribution < -0.4 is 9.47 Å². The fraction of sp³-hybridized carbons (Fsp3) is 0.133. The summed E-state index contributed by atoms with van der Waals surface area (Å²) in [6.07, 6.45) is 0. The molecule has 0 atom stereocenters. The summed E-state index contributed by atoms with van der Waals surface area (Å²) in [4.78, 5) is 0. The third-order valence-corrected chi connectivity index (χ3v) is 3.03. The molecule has 0 unspecified atom stereocenters. The van der Waals surface area contributed by atoms with E-state index >= 15 is 0 Å². The first-order valence-corrected chi connectivity index (χ1v) is 6.57. The van der Waals surface area contributed by atoms with Crippen molar-refractivity contribution < 1.29 is 13.9 Å². The predicted octanol–water partition coefficient (Wildman–Crippen LogP) is 4.05. The number of benzene rings is 2. The molecule has 20 heavy (non-hydrogen) atoms. The summed E-state index contributed by atoms with van der Waals surface area (Å²) in [7, 11) is 1.52. The van der Waals surface area contributed by atoms with E-state index in [1.165, 1.54) is 19.2 Å². The van der Waals surface area contributed by atoms with Gasteiger partial charge in [0.05, 0.1) is 18.7 Å². The van der Waals surface area contributed by atoms with E-state index in [4.69, 9.17) is 14.7 Å². The van der Waals surface area contributed by atoms with Crippen molar-refractivity contribution in [1.82, 2.24) is 0 Å². The molecule has 0 aliphatic carbocycles. The Labute approximate surface area is 124 Å². The van der Waals surface area contributed by atoms with Gasteiger partial charge in [-0.05, 0) is 35.9 Å². The number of rotatable bonds is 4. The lowest BCUT2D eigenvalue weighted by Gasteiger charge is -2.09. The smallest absolute Gasteiger partial charge is 0.124 e. The molecule has 0 bridgehead atoms. The molecule has 0 radical (unpaired) electrons. The van der Waals surface area contributed by atoms with Crippen LogP contribution in [0.4, 0.5) is 4.39 Å². The number of nitriles is 1. The van der Waals surface area contributed by atoms with Gasteiger partial charge in [-0.2, -0.15) is 5.26 Å². The molecule has 0 saturated heterocycles. The predicted molar refractivity (Wildman–Crippen MR) is 76.1 cm³/mol. The van der Waals surface area contributed by atoms with E-state index in [2.05, 4.69) is 15.9 Å². The molecular weight excluding hydrogens is 325 g/mol. The largest absolute Gasteiger partial charge is 0.497 e. The molecule has 2 aromatic carbocycles. The molecule has 0 aliphatic rings. The van der Waals surface area contributed by atoms with Crippen molar-refractivity contribution in [2.45, 2.75) is 6.61 Å². The molecule has 0 heterocycles. The molecule has 102 valence electrons. The number of nitrogens with zero attached hydrogens (tertiary/aromatic N) is 1. The summed E-state index contributed by atoms with van der Waals surface area (Å²) in [5.74, 6) is 0.710. The van der Waals surface area contributed by atoms with Gasteiger partial charge in [0, 0.05) is 10.5 Å². The Morgan fingerprint density at radius 3 is 2.55 bits per heavy atom. The standard InChI is InChI=1S/C15H11BrFNO2/c1-19-14-4-10(8-18)5-15(7-14)20-9-11-2-12(16)6-13(17)3-11/h2-7H,9H2,1H3. The SMILES string of the molecule is COc1cc(C#N)cc(OCc2cc(F)cc(Br)c2)c1. The quantitative estimate of drug-likeness (QED) is 0.846. The minimum atomic E-state index is -0.332. The second-order valence-corrected chi connectivity index (χ2v) is 4.99. The van der Waals surface area contributed by atoms with Gasteiger partial charge in [-0.1, -0.05) is 15.9 Å². The maximum absolute atomic E-state index is 13.2. The van der Waals surface area contributed by atoms with Crippen LogP contribution in [0.15, 0.2) is 40.9 Å². The fourth-order valence-electron chi connectivity index (χ4n) is 1.70. The molecule has 5 heteroatoms.